The molecule has 0 bridgehead atoms. The molecule has 0 radical (unpaired) electrons. The molecule has 7 heteroatoms. The van der Waals surface area contributed by atoms with Crippen molar-refractivity contribution in [1.82, 2.24) is 9.97 Å². The van der Waals surface area contributed by atoms with E-state index in [2.05, 4.69) is 9.97 Å². The smallest absolute Gasteiger partial charge is 0.258 e. The van der Waals surface area contributed by atoms with Crippen LogP contribution in [-0.2, 0) is 0 Å². The lowest BCUT2D eigenvalue weighted by molar-refractivity contribution is 0.0976. The molecular weight excluding hydrogens is 301 g/mol. The maximum Gasteiger partial charge on any atom is 0.258 e. The topological polar surface area (TPSA) is 55.3 Å². The van der Waals surface area contributed by atoms with E-state index in [0.717, 1.165) is 0 Å². The van der Waals surface area contributed by atoms with Crippen molar-refractivity contribution in [2.24, 2.45) is 0 Å². The second-order valence-corrected chi connectivity index (χ2v) is 4.92. The third kappa shape index (κ3) is 2.42. The molecular formula is C13H9Cl2N3O2. The fraction of sp³-hybridized carbons (Fsp3) is 0.154. The van der Waals surface area contributed by atoms with Crippen LogP contribution < -0.4 is 9.64 Å². The van der Waals surface area contributed by atoms with E-state index in [1.54, 1.807) is 23.4 Å². The number of fused-ring (bicyclic) bond motifs is 1. The molecule has 0 aliphatic carbocycles. The molecule has 5 nitrogen and oxygen atoms in total. The van der Waals surface area contributed by atoms with Gasteiger partial charge in [0.05, 0.1) is 12.7 Å². The summed E-state index contributed by atoms with van der Waals surface area (Å²) in [6.45, 7) is 0.865. The lowest BCUT2D eigenvalue weighted by Crippen LogP contribution is -2.38. The Morgan fingerprint density at radius 1 is 1.30 bits per heavy atom. The van der Waals surface area contributed by atoms with E-state index in [4.69, 9.17) is 27.9 Å². The summed E-state index contributed by atoms with van der Waals surface area (Å²) in [6, 6.07) is 4.70. The Bertz CT molecular complexity index is 658. The van der Waals surface area contributed by atoms with Crippen molar-refractivity contribution in [2.75, 3.05) is 18.1 Å². The van der Waals surface area contributed by atoms with Crippen LogP contribution in [0.4, 0.5) is 5.69 Å². The quantitative estimate of drug-likeness (QED) is 0.760. The first-order valence-corrected chi connectivity index (χ1v) is 6.62. The molecule has 0 atom stereocenters. The van der Waals surface area contributed by atoms with Gasteiger partial charge in [0.1, 0.15) is 28.3 Å². The molecule has 0 saturated carbocycles. The molecule has 3 heterocycles. The average molecular weight is 310 g/mol. The van der Waals surface area contributed by atoms with Crippen LogP contribution in [0.1, 0.15) is 10.4 Å². The Morgan fingerprint density at radius 2 is 2.05 bits per heavy atom. The standard InChI is InChI=1S/C13H9Cl2N3O2/c14-11-5-8(6-12(15)17-11)13(19)18-3-4-20-10-1-2-16-7-9(10)18/h1-2,5-7H,3-4H2. The third-order valence-electron chi connectivity index (χ3n) is 2.88. The van der Waals surface area contributed by atoms with Crippen LogP contribution in [-0.4, -0.2) is 29.0 Å². The van der Waals surface area contributed by atoms with Crippen LogP contribution in [0.5, 0.6) is 5.75 Å². The summed E-state index contributed by atoms with van der Waals surface area (Å²) in [4.78, 5) is 22.0. The molecule has 1 amide bonds. The number of pyridine rings is 2. The van der Waals surface area contributed by atoms with Crippen LogP contribution in [0, 0.1) is 0 Å². The summed E-state index contributed by atoms with van der Waals surface area (Å²) in [7, 11) is 0. The summed E-state index contributed by atoms with van der Waals surface area (Å²) < 4.78 is 5.49. The van der Waals surface area contributed by atoms with Gasteiger partial charge in [-0.05, 0) is 12.1 Å². The Balaban J connectivity index is 1.99. The van der Waals surface area contributed by atoms with Crippen molar-refractivity contribution < 1.29 is 9.53 Å². The molecule has 102 valence electrons. The maximum absolute atomic E-state index is 12.6. The highest BCUT2D eigenvalue weighted by Gasteiger charge is 2.25. The van der Waals surface area contributed by atoms with E-state index < -0.39 is 0 Å². The van der Waals surface area contributed by atoms with Gasteiger partial charge in [-0.1, -0.05) is 23.2 Å². The molecule has 20 heavy (non-hydrogen) atoms. The fourth-order valence-corrected chi connectivity index (χ4v) is 2.48. The maximum atomic E-state index is 12.6. The van der Waals surface area contributed by atoms with E-state index in [9.17, 15) is 4.79 Å². The molecule has 1 aliphatic rings. The van der Waals surface area contributed by atoms with Crippen LogP contribution in [0.3, 0.4) is 0 Å². The van der Waals surface area contributed by atoms with Gasteiger partial charge in [-0.25, -0.2) is 4.98 Å². The predicted molar refractivity (Wildman–Crippen MR) is 75.7 cm³/mol. The number of hydrogen-bond acceptors (Lipinski definition) is 4. The van der Waals surface area contributed by atoms with Crippen molar-refractivity contribution in [2.45, 2.75) is 0 Å². The molecule has 0 spiro atoms. The number of carbonyl (C=O) groups is 1. The molecule has 0 fully saturated rings. The number of halogens is 2. The second kappa shape index (κ2) is 5.26. The van der Waals surface area contributed by atoms with Gasteiger partial charge in [0, 0.05) is 17.8 Å². The molecule has 0 unspecified atom stereocenters. The number of ether oxygens (including phenoxy) is 1. The van der Waals surface area contributed by atoms with Gasteiger partial charge in [0.2, 0.25) is 0 Å². The van der Waals surface area contributed by atoms with Crippen molar-refractivity contribution >= 4 is 34.8 Å². The van der Waals surface area contributed by atoms with Crippen LogP contribution in [0.25, 0.3) is 0 Å². The molecule has 0 aromatic carbocycles. The van der Waals surface area contributed by atoms with E-state index in [-0.39, 0.29) is 16.2 Å². The fourth-order valence-electron chi connectivity index (χ4n) is 2.02. The van der Waals surface area contributed by atoms with Crippen molar-refractivity contribution in [3.05, 3.63) is 46.5 Å². The summed E-state index contributed by atoms with van der Waals surface area (Å²) in [6.07, 6.45) is 3.21. The number of hydrogen-bond donors (Lipinski definition) is 0. The Morgan fingerprint density at radius 3 is 2.80 bits per heavy atom. The molecule has 2 aromatic rings. The first-order valence-electron chi connectivity index (χ1n) is 5.87. The largest absolute Gasteiger partial charge is 0.489 e. The van der Waals surface area contributed by atoms with Crippen LogP contribution in [0.15, 0.2) is 30.6 Å². The first kappa shape index (κ1) is 13.1. The van der Waals surface area contributed by atoms with Crippen molar-refractivity contribution in [3.63, 3.8) is 0 Å². The summed E-state index contributed by atoms with van der Waals surface area (Å²) in [5, 5.41) is 0.362. The minimum absolute atomic E-state index is 0.181. The highest BCUT2D eigenvalue weighted by atomic mass is 35.5. The number of anilines is 1. The highest BCUT2D eigenvalue weighted by Crippen LogP contribution is 2.31. The van der Waals surface area contributed by atoms with E-state index >= 15 is 0 Å². The number of amides is 1. The van der Waals surface area contributed by atoms with Crippen molar-refractivity contribution in [1.29, 1.82) is 0 Å². The van der Waals surface area contributed by atoms with Gasteiger partial charge in [0.15, 0.2) is 0 Å². The number of rotatable bonds is 1. The zero-order valence-electron chi connectivity index (χ0n) is 10.2. The zero-order valence-corrected chi connectivity index (χ0v) is 11.7. The van der Waals surface area contributed by atoms with Gasteiger partial charge in [-0.2, -0.15) is 0 Å². The van der Waals surface area contributed by atoms with Gasteiger partial charge in [-0.3, -0.25) is 9.78 Å². The van der Waals surface area contributed by atoms with Gasteiger partial charge in [0.25, 0.3) is 5.91 Å². The number of aromatic nitrogens is 2. The van der Waals surface area contributed by atoms with E-state index in [1.165, 1.54) is 12.1 Å². The number of nitrogens with zero attached hydrogens (tertiary/aromatic N) is 3. The van der Waals surface area contributed by atoms with Crippen LogP contribution in [0.2, 0.25) is 10.3 Å². The second-order valence-electron chi connectivity index (χ2n) is 4.15. The average Bonchev–Trinajstić information content (AvgIpc) is 2.45. The van der Waals surface area contributed by atoms with Gasteiger partial charge >= 0.3 is 0 Å². The molecule has 3 rings (SSSR count). The molecule has 2 aromatic heterocycles. The minimum Gasteiger partial charge on any atom is -0.489 e. The monoisotopic (exact) mass is 309 g/mol. The van der Waals surface area contributed by atoms with Crippen molar-refractivity contribution in [3.8, 4) is 5.75 Å². The lowest BCUT2D eigenvalue weighted by atomic mass is 10.2. The minimum atomic E-state index is -0.214. The third-order valence-corrected chi connectivity index (χ3v) is 3.27. The van der Waals surface area contributed by atoms with Crippen LogP contribution >= 0.6 is 23.2 Å². The normalized spacial score (nSPS) is 13.6. The highest BCUT2D eigenvalue weighted by molar-refractivity contribution is 6.33. The Kier molecular flexibility index (Phi) is 3.46. The molecule has 0 saturated heterocycles. The van der Waals surface area contributed by atoms with E-state index in [1.807, 2.05) is 0 Å². The predicted octanol–water partition coefficient (Wildman–Crippen LogP) is 2.82. The number of carbonyl (C=O) groups excluding carboxylic acids is 1. The van der Waals surface area contributed by atoms with Gasteiger partial charge in [-0.15, -0.1) is 0 Å². The SMILES string of the molecule is O=C(c1cc(Cl)nc(Cl)c1)N1CCOc2ccncc21. The first-order chi connectivity index (χ1) is 9.65. The molecule has 1 aliphatic heterocycles. The Hall–Kier alpha value is -1.85. The summed E-state index contributed by atoms with van der Waals surface area (Å²) in [5.41, 5.74) is 1.01. The zero-order chi connectivity index (χ0) is 14.1. The lowest BCUT2D eigenvalue weighted by Gasteiger charge is -2.29. The summed E-state index contributed by atoms with van der Waals surface area (Å²) in [5.74, 6) is 0.416. The Labute approximate surface area is 125 Å². The molecule has 0 N–H and O–H groups in total. The summed E-state index contributed by atoms with van der Waals surface area (Å²) >= 11 is 11.7. The van der Waals surface area contributed by atoms with E-state index in [0.29, 0.717) is 30.2 Å². The van der Waals surface area contributed by atoms with Gasteiger partial charge < -0.3 is 9.64 Å².